The van der Waals surface area contributed by atoms with E-state index in [0.717, 1.165) is 26.0 Å². The molecule has 0 amide bonds. The molecule has 3 rings (SSSR count). The van der Waals surface area contributed by atoms with E-state index in [-0.39, 0.29) is 0 Å². The fourth-order valence-corrected chi connectivity index (χ4v) is 3.40. The summed E-state index contributed by atoms with van der Waals surface area (Å²) in [5.74, 6) is 0.806. The highest BCUT2D eigenvalue weighted by Gasteiger charge is 2.08. The summed E-state index contributed by atoms with van der Waals surface area (Å²) < 4.78 is 5.11. The van der Waals surface area contributed by atoms with Crippen LogP contribution in [0.4, 0.5) is 5.69 Å². The molecule has 1 aromatic carbocycles. The molecular weight excluding hydrogens is 264 g/mol. The van der Waals surface area contributed by atoms with Crippen molar-refractivity contribution in [1.82, 2.24) is 14.3 Å². The number of aromatic nitrogens is 3. The topological polar surface area (TPSA) is 64.7 Å². The van der Waals surface area contributed by atoms with Crippen LogP contribution in [0.5, 0.6) is 0 Å². The second-order valence-corrected chi connectivity index (χ2v) is 5.80. The third-order valence-corrected chi connectivity index (χ3v) is 4.39. The maximum absolute atomic E-state index is 5.93. The van der Waals surface area contributed by atoms with Crippen molar-refractivity contribution < 1.29 is 0 Å². The molecule has 0 radical (unpaired) electrons. The van der Waals surface area contributed by atoms with E-state index >= 15 is 0 Å². The van der Waals surface area contributed by atoms with Gasteiger partial charge in [0.2, 0.25) is 0 Å². The van der Waals surface area contributed by atoms with Crippen LogP contribution in [-0.4, -0.2) is 14.3 Å². The van der Waals surface area contributed by atoms with E-state index in [1.807, 2.05) is 31.2 Å². The van der Waals surface area contributed by atoms with Crippen LogP contribution in [-0.2, 0) is 0 Å². The molecule has 90 valence electrons. The largest absolute Gasteiger partial charge is 0.397 e. The summed E-state index contributed by atoms with van der Waals surface area (Å²) in [6.45, 7) is 1.89. The molecule has 0 unspecified atom stereocenters. The van der Waals surface area contributed by atoms with Crippen molar-refractivity contribution in [2.45, 2.75) is 16.2 Å². The van der Waals surface area contributed by atoms with Crippen LogP contribution in [0.15, 0.2) is 39.7 Å². The smallest absolute Gasteiger partial charge is 0.174 e. The number of rotatable bonds is 2. The Kier molecular flexibility index (Phi) is 2.89. The van der Waals surface area contributed by atoms with Gasteiger partial charge in [0.05, 0.1) is 11.2 Å². The van der Waals surface area contributed by atoms with Gasteiger partial charge in [-0.25, -0.2) is 4.98 Å². The average molecular weight is 274 g/mol. The van der Waals surface area contributed by atoms with E-state index in [1.54, 1.807) is 18.0 Å². The normalized spacial score (nSPS) is 10.9. The molecule has 2 heterocycles. The highest BCUT2D eigenvalue weighted by molar-refractivity contribution is 8.01. The number of benzene rings is 1. The van der Waals surface area contributed by atoms with E-state index in [0.29, 0.717) is 5.69 Å². The lowest BCUT2D eigenvalue weighted by molar-refractivity contribution is 1.10. The van der Waals surface area contributed by atoms with Crippen molar-refractivity contribution in [3.63, 3.8) is 0 Å². The van der Waals surface area contributed by atoms with E-state index in [2.05, 4.69) is 14.3 Å². The average Bonchev–Trinajstić information content (AvgIpc) is 2.76. The molecule has 18 heavy (non-hydrogen) atoms. The van der Waals surface area contributed by atoms with E-state index in [4.69, 9.17) is 5.73 Å². The molecule has 0 spiro atoms. The molecule has 6 heteroatoms. The van der Waals surface area contributed by atoms with Gasteiger partial charge in [0.1, 0.15) is 5.82 Å². The van der Waals surface area contributed by atoms with Gasteiger partial charge in [0.25, 0.3) is 0 Å². The summed E-state index contributed by atoms with van der Waals surface area (Å²) in [4.78, 5) is 9.77. The number of para-hydroxylation sites is 1. The molecule has 0 fully saturated rings. The van der Waals surface area contributed by atoms with Gasteiger partial charge in [-0.15, -0.1) is 0 Å². The fourth-order valence-electron chi connectivity index (χ4n) is 1.68. The first-order valence-electron chi connectivity index (χ1n) is 5.35. The summed E-state index contributed by atoms with van der Waals surface area (Å²) in [6, 6.07) is 7.80. The molecule has 0 aliphatic rings. The predicted octanol–water partition coefficient (Wildman–Crippen LogP) is 3.13. The third kappa shape index (κ3) is 2.04. The molecule has 0 bridgehead atoms. The first-order chi connectivity index (χ1) is 8.74. The quantitative estimate of drug-likeness (QED) is 0.727. The maximum Gasteiger partial charge on any atom is 0.174 e. The lowest BCUT2D eigenvalue weighted by Gasteiger charge is -2.05. The van der Waals surface area contributed by atoms with Crippen molar-refractivity contribution in [2.24, 2.45) is 0 Å². The number of aryl methyl sites for hydroxylation is 1. The van der Waals surface area contributed by atoms with E-state index in [1.165, 1.54) is 11.5 Å². The Morgan fingerprint density at radius 1 is 1.28 bits per heavy atom. The van der Waals surface area contributed by atoms with Gasteiger partial charge in [0, 0.05) is 16.5 Å². The molecule has 0 atom stereocenters. The molecule has 0 aliphatic carbocycles. The number of nitrogens with zero attached hydrogens (tertiary/aromatic N) is 3. The zero-order valence-electron chi connectivity index (χ0n) is 9.62. The Bertz CT molecular complexity index is 708. The molecule has 3 aromatic rings. The highest BCUT2D eigenvalue weighted by Crippen LogP contribution is 2.34. The zero-order valence-corrected chi connectivity index (χ0v) is 11.3. The molecule has 2 N–H and O–H groups in total. The third-order valence-electron chi connectivity index (χ3n) is 2.47. The van der Waals surface area contributed by atoms with Crippen LogP contribution in [0.1, 0.15) is 5.82 Å². The van der Waals surface area contributed by atoms with Gasteiger partial charge < -0.3 is 5.73 Å². The Hall–Kier alpha value is -1.66. The number of hydrogen-bond donors (Lipinski definition) is 1. The van der Waals surface area contributed by atoms with Gasteiger partial charge in [0.15, 0.2) is 4.34 Å². The number of fused-ring (bicyclic) bond motifs is 1. The van der Waals surface area contributed by atoms with Gasteiger partial charge >= 0.3 is 0 Å². The second-order valence-electron chi connectivity index (χ2n) is 3.76. The molecular formula is C12H10N4S2. The Labute approximate surface area is 112 Å². The number of anilines is 1. The molecule has 0 saturated carbocycles. The summed E-state index contributed by atoms with van der Waals surface area (Å²) in [7, 11) is 0. The number of hydrogen-bond acceptors (Lipinski definition) is 6. The van der Waals surface area contributed by atoms with Gasteiger partial charge in [-0.3, -0.25) is 4.98 Å². The van der Waals surface area contributed by atoms with Crippen LogP contribution >= 0.6 is 23.3 Å². The Morgan fingerprint density at radius 3 is 2.94 bits per heavy atom. The Morgan fingerprint density at radius 2 is 2.17 bits per heavy atom. The minimum Gasteiger partial charge on any atom is -0.397 e. The monoisotopic (exact) mass is 274 g/mol. The maximum atomic E-state index is 5.93. The van der Waals surface area contributed by atoms with Crippen molar-refractivity contribution in [3.05, 3.63) is 36.3 Å². The number of nitrogen functional groups attached to an aromatic ring is 1. The first kappa shape index (κ1) is 11.4. The standard InChI is InChI=1S/C12H10N4S2/c1-7-15-12(18-16-7)17-10-5-6-14-11-8(10)3-2-4-9(11)13/h2-6H,13H2,1H3. The predicted molar refractivity (Wildman–Crippen MR) is 74.9 cm³/mol. The molecule has 2 aromatic heterocycles. The fraction of sp³-hybridized carbons (Fsp3) is 0.0833. The number of nitrogens with two attached hydrogens (primary N) is 1. The van der Waals surface area contributed by atoms with Crippen molar-refractivity contribution in [2.75, 3.05) is 5.73 Å². The van der Waals surface area contributed by atoms with Crippen LogP contribution in [0.3, 0.4) is 0 Å². The van der Waals surface area contributed by atoms with Crippen molar-refractivity contribution in [3.8, 4) is 0 Å². The van der Waals surface area contributed by atoms with Crippen LogP contribution in [0, 0.1) is 6.92 Å². The van der Waals surface area contributed by atoms with Crippen molar-refractivity contribution >= 4 is 39.9 Å². The first-order valence-corrected chi connectivity index (χ1v) is 6.94. The summed E-state index contributed by atoms with van der Waals surface area (Å²) in [6.07, 6.45) is 1.77. The van der Waals surface area contributed by atoms with Gasteiger partial charge in [-0.1, -0.05) is 23.9 Å². The van der Waals surface area contributed by atoms with Crippen LogP contribution in [0.25, 0.3) is 10.9 Å². The van der Waals surface area contributed by atoms with Gasteiger partial charge in [-0.05, 0) is 30.6 Å². The minimum absolute atomic E-state index is 0.698. The minimum atomic E-state index is 0.698. The zero-order chi connectivity index (χ0) is 12.5. The van der Waals surface area contributed by atoms with Crippen molar-refractivity contribution in [1.29, 1.82) is 0 Å². The lowest BCUT2D eigenvalue weighted by Crippen LogP contribution is -1.90. The van der Waals surface area contributed by atoms with E-state index in [9.17, 15) is 0 Å². The lowest BCUT2D eigenvalue weighted by atomic mass is 10.2. The molecule has 0 saturated heterocycles. The summed E-state index contributed by atoms with van der Waals surface area (Å²) in [5, 5.41) is 1.05. The molecule has 0 aliphatic heterocycles. The number of pyridine rings is 1. The van der Waals surface area contributed by atoms with Crippen LogP contribution < -0.4 is 5.73 Å². The summed E-state index contributed by atoms with van der Waals surface area (Å²) in [5.41, 5.74) is 7.46. The van der Waals surface area contributed by atoms with Gasteiger partial charge in [-0.2, -0.15) is 4.37 Å². The highest BCUT2D eigenvalue weighted by atomic mass is 32.2. The Balaban J connectivity index is 2.09. The second kappa shape index (κ2) is 4.55. The SMILES string of the molecule is Cc1nsc(Sc2ccnc3c(N)cccc23)n1. The van der Waals surface area contributed by atoms with E-state index < -0.39 is 0 Å². The van der Waals surface area contributed by atoms with Crippen LogP contribution in [0.2, 0.25) is 0 Å². The molecule has 4 nitrogen and oxygen atoms in total. The summed E-state index contributed by atoms with van der Waals surface area (Å²) >= 11 is 3.00.